The molecule has 21 heavy (non-hydrogen) atoms. The SMILES string of the molecule is COc1ccc2ccccc2c1-c1nc2ccccc2[nH]1. The van der Waals surface area contributed by atoms with Crippen LogP contribution in [0, 0.1) is 0 Å². The molecule has 0 fully saturated rings. The third-order valence-electron chi connectivity index (χ3n) is 3.74. The third-order valence-corrected chi connectivity index (χ3v) is 3.74. The van der Waals surface area contributed by atoms with Crippen LogP contribution in [0.1, 0.15) is 0 Å². The molecule has 0 amide bonds. The van der Waals surface area contributed by atoms with Crippen LogP contribution in [0.5, 0.6) is 5.75 Å². The summed E-state index contributed by atoms with van der Waals surface area (Å²) >= 11 is 0. The van der Waals surface area contributed by atoms with Gasteiger partial charge in [0.05, 0.1) is 23.7 Å². The van der Waals surface area contributed by atoms with Crippen LogP contribution in [0.4, 0.5) is 0 Å². The lowest BCUT2D eigenvalue weighted by atomic mass is 10.0. The van der Waals surface area contributed by atoms with Crippen molar-refractivity contribution in [3.8, 4) is 17.1 Å². The van der Waals surface area contributed by atoms with E-state index in [0.29, 0.717) is 0 Å². The molecule has 0 aliphatic carbocycles. The summed E-state index contributed by atoms with van der Waals surface area (Å²) in [5.41, 5.74) is 3.00. The van der Waals surface area contributed by atoms with Crippen LogP contribution < -0.4 is 4.74 Å². The second kappa shape index (κ2) is 4.63. The summed E-state index contributed by atoms with van der Waals surface area (Å²) in [5.74, 6) is 1.66. The fourth-order valence-corrected chi connectivity index (χ4v) is 2.74. The Morgan fingerprint density at radius 3 is 2.57 bits per heavy atom. The summed E-state index contributed by atoms with van der Waals surface area (Å²) in [5, 5.41) is 2.31. The van der Waals surface area contributed by atoms with E-state index in [1.807, 2.05) is 42.5 Å². The fourth-order valence-electron chi connectivity index (χ4n) is 2.74. The van der Waals surface area contributed by atoms with Crippen LogP contribution in [0.2, 0.25) is 0 Å². The van der Waals surface area contributed by atoms with Crippen LogP contribution in [-0.4, -0.2) is 17.1 Å². The molecule has 3 heteroatoms. The predicted molar refractivity (Wildman–Crippen MR) is 85.6 cm³/mol. The first-order valence-electron chi connectivity index (χ1n) is 6.87. The molecule has 0 saturated carbocycles. The number of H-pyrrole nitrogens is 1. The number of ether oxygens (including phenoxy) is 1. The Balaban J connectivity index is 2.08. The van der Waals surface area contributed by atoms with Crippen molar-refractivity contribution in [2.24, 2.45) is 0 Å². The van der Waals surface area contributed by atoms with Gasteiger partial charge in [-0.15, -0.1) is 0 Å². The summed E-state index contributed by atoms with van der Waals surface area (Å²) in [4.78, 5) is 8.09. The lowest BCUT2D eigenvalue weighted by molar-refractivity contribution is 0.417. The average molecular weight is 274 g/mol. The molecule has 4 rings (SSSR count). The number of methoxy groups -OCH3 is 1. The zero-order chi connectivity index (χ0) is 14.2. The highest BCUT2D eigenvalue weighted by atomic mass is 16.5. The Labute approximate surface area is 122 Å². The zero-order valence-corrected chi connectivity index (χ0v) is 11.6. The number of nitrogens with one attached hydrogen (secondary N) is 1. The molecular formula is C18H14N2O. The molecule has 3 aromatic carbocycles. The molecule has 0 spiro atoms. The number of aromatic amines is 1. The first kappa shape index (κ1) is 12.0. The van der Waals surface area contributed by atoms with Crippen molar-refractivity contribution in [3.05, 3.63) is 60.7 Å². The van der Waals surface area contributed by atoms with E-state index in [-0.39, 0.29) is 0 Å². The molecule has 102 valence electrons. The smallest absolute Gasteiger partial charge is 0.142 e. The summed E-state index contributed by atoms with van der Waals surface area (Å²) in [6, 6.07) is 20.4. The molecule has 1 N–H and O–H groups in total. The van der Waals surface area contributed by atoms with Gasteiger partial charge in [-0.05, 0) is 29.0 Å². The highest BCUT2D eigenvalue weighted by Crippen LogP contribution is 2.36. The normalized spacial score (nSPS) is 11.1. The van der Waals surface area contributed by atoms with Crippen LogP contribution in [0.3, 0.4) is 0 Å². The van der Waals surface area contributed by atoms with E-state index >= 15 is 0 Å². The number of imidazole rings is 1. The lowest BCUT2D eigenvalue weighted by Gasteiger charge is -2.09. The van der Waals surface area contributed by atoms with E-state index in [2.05, 4.69) is 23.2 Å². The minimum absolute atomic E-state index is 0.827. The van der Waals surface area contributed by atoms with E-state index in [1.54, 1.807) is 7.11 Å². The van der Waals surface area contributed by atoms with Gasteiger partial charge in [0.15, 0.2) is 0 Å². The molecule has 0 atom stereocenters. The van der Waals surface area contributed by atoms with Gasteiger partial charge >= 0.3 is 0 Å². The molecular weight excluding hydrogens is 260 g/mol. The molecule has 4 aromatic rings. The van der Waals surface area contributed by atoms with Crippen molar-refractivity contribution >= 4 is 21.8 Å². The number of para-hydroxylation sites is 2. The van der Waals surface area contributed by atoms with Gasteiger partial charge in [0.2, 0.25) is 0 Å². The zero-order valence-electron chi connectivity index (χ0n) is 11.6. The first-order chi connectivity index (χ1) is 10.4. The van der Waals surface area contributed by atoms with Gasteiger partial charge in [0, 0.05) is 0 Å². The second-order valence-electron chi connectivity index (χ2n) is 4.97. The Morgan fingerprint density at radius 1 is 0.905 bits per heavy atom. The largest absolute Gasteiger partial charge is 0.496 e. The van der Waals surface area contributed by atoms with E-state index in [4.69, 9.17) is 9.72 Å². The van der Waals surface area contributed by atoms with Crippen LogP contribution in [0.25, 0.3) is 33.2 Å². The third kappa shape index (κ3) is 1.86. The van der Waals surface area contributed by atoms with Crippen molar-refractivity contribution in [1.29, 1.82) is 0 Å². The second-order valence-corrected chi connectivity index (χ2v) is 4.97. The van der Waals surface area contributed by atoms with Crippen LogP contribution >= 0.6 is 0 Å². The molecule has 1 aromatic heterocycles. The van der Waals surface area contributed by atoms with E-state index in [0.717, 1.165) is 33.6 Å². The van der Waals surface area contributed by atoms with E-state index in [9.17, 15) is 0 Å². The van der Waals surface area contributed by atoms with Crippen LogP contribution in [-0.2, 0) is 0 Å². The summed E-state index contributed by atoms with van der Waals surface area (Å²) in [6.45, 7) is 0. The van der Waals surface area contributed by atoms with Gasteiger partial charge in [-0.2, -0.15) is 0 Å². The molecule has 0 aliphatic heterocycles. The maximum Gasteiger partial charge on any atom is 0.142 e. The molecule has 1 heterocycles. The summed E-state index contributed by atoms with van der Waals surface area (Å²) in [7, 11) is 1.69. The Hall–Kier alpha value is -2.81. The van der Waals surface area contributed by atoms with Gasteiger partial charge < -0.3 is 9.72 Å². The van der Waals surface area contributed by atoms with Crippen molar-refractivity contribution < 1.29 is 4.74 Å². The van der Waals surface area contributed by atoms with Crippen molar-refractivity contribution in [2.45, 2.75) is 0 Å². The van der Waals surface area contributed by atoms with E-state index in [1.165, 1.54) is 5.39 Å². The maximum absolute atomic E-state index is 5.54. The molecule has 3 nitrogen and oxygen atoms in total. The molecule has 0 bridgehead atoms. The van der Waals surface area contributed by atoms with Gasteiger partial charge in [0.25, 0.3) is 0 Å². The van der Waals surface area contributed by atoms with Crippen molar-refractivity contribution in [1.82, 2.24) is 9.97 Å². The highest BCUT2D eigenvalue weighted by Gasteiger charge is 2.14. The molecule has 0 aliphatic rings. The van der Waals surface area contributed by atoms with Crippen molar-refractivity contribution in [2.75, 3.05) is 7.11 Å². The quantitative estimate of drug-likeness (QED) is 0.588. The number of fused-ring (bicyclic) bond motifs is 2. The number of nitrogens with zero attached hydrogens (tertiary/aromatic N) is 1. The highest BCUT2D eigenvalue weighted by molar-refractivity contribution is 5.99. The summed E-state index contributed by atoms with van der Waals surface area (Å²) < 4.78 is 5.54. The number of rotatable bonds is 2. The summed E-state index contributed by atoms with van der Waals surface area (Å²) in [6.07, 6.45) is 0. The van der Waals surface area contributed by atoms with Gasteiger partial charge in [0.1, 0.15) is 11.6 Å². The number of hydrogen-bond donors (Lipinski definition) is 1. The molecule has 0 radical (unpaired) electrons. The monoisotopic (exact) mass is 274 g/mol. The first-order valence-corrected chi connectivity index (χ1v) is 6.87. The van der Waals surface area contributed by atoms with Crippen molar-refractivity contribution in [3.63, 3.8) is 0 Å². The minimum Gasteiger partial charge on any atom is -0.496 e. The lowest BCUT2D eigenvalue weighted by Crippen LogP contribution is -1.91. The van der Waals surface area contributed by atoms with Crippen LogP contribution in [0.15, 0.2) is 60.7 Å². The maximum atomic E-state index is 5.54. The molecule has 0 saturated heterocycles. The fraction of sp³-hybridized carbons (Fsp3) is 0.0556. The number of hydrogen-bond acceptors (Lipinski definition) is 2. The van der Waals surface area contributed by atoms with E-state index < -0.39 is 0 Å². The minimum atomic E-state index is 0.827. The molecule has 0 unspecified atom stereocenters. The average Bonchev–Trinajstić information content (AvgIpc) is 2.97. The number of benzene rings is 3. The van der Waals surface area contributed by atoms with Gasteiger partial charge in [-0.25, -0.2) is 4.98 Å². The Morgan fingerprint density at radius 2 is 1.71 bits per heavy atom. The topological polar surface area (TPSA) is 37.9 Å². The standard InChI is InChI=1S/C18H14N2O/c1-21-16-11-10-12-6-2-3-7-13(12)17(16)18-19-14-8-4-5-9-15(14)20-18/h2-11H,1H3,(H,19,20). The van der Waals surface area contributed by atoms with Gasteiger partial charge in [-0.1, -0.05) is 42.5 Å². The Bertz CT molecular complexity index is 907. The Kier molecular flexibility index (Phi) is 2.64. The predicted octanol–water partition coefficient (Wildman–Crippen LogP) is 4.39. The van der Waals surface area contributed by atoms with Gasteiger partial charge in [-0.3, -0.25) is 0 Å². The number of aromatic nitrogens is 2.